The molecule has 2 aliphatic heterocycles. The van der Waals surface area contributed by atoms with Gasteiger partial charge in [0.15, 0.2) is 0 Å². The van der Waals surface area contributed by atoms with Gasteiger partial charge in [-0.25, -0.2) is 0 Å². The molecule has 0 spiro atoms. The predicted octanol–water partition coefficient (Wildman–Crippen LogP) is 4.38. The molecule has 148 valence electrons. The van der Waals surface area contributed by atoms with Crippen molar-refractivity contribution in [3.8, 4) is 11.1 Å². The first kappa shape index (κ1) is 18.4. The molecular weight excluding hydrogens is 374 g/mol. The van der Waals surface area contributed by atoms with Gasteiger partial charge in [-0.05, 0) is 46.9 Å². The Labute approximate surface area is 174 Å². The molecule has 4 heterocycles. The van der Waals surface area contributed by atoms with E-state index in [0.29, 0.717) is 18.8 Å². The number of rotatable bonds is 4. The van der Waals surface area contributed by atoms with Gasteiger partial charge < -0.3 is 5.32 Å². The molecule has 3 aromatic rings. The van der Waals surface area contributed by atoms with E-state index in [1.165, 1.54) is 0 Å². The maximum atomic E-state index is 13.1. The number of nitrogens with zero attached hydrogens (tertiary/aromatic N) is 4. The zero-order chi connectivity index (χ0) is 20.7. The standard InChI is InChI=1S/C24H21N5O/c1-14(2)19-4-3-5-27-23(19)24(30)29-21-8-15(6-17-9-25-12-20(17)21)16-7-18-10-26-13-22(18)28-11-16/h3-8,10-12,14H,9,13H2,1-2H3,(H,29,30). The lowest BCUT2D eigenvalue weighted by atomic mass is 9.98. The van der Waals surface area contributed by atoms with Crippen molar-refractivity contribution in [3.63, 3.8) is 0 Å². The van der Waals surface area contributed by atoms with Gasteiger partial charge in [0.25, 0.3) is 5.91 Å². The highest BCUT2D eigenvalue weighted by Gasteiger charge is 2.20. The zero-order valence-corrected chi connectivity index (χ0v) is 16.9. The van der Waals surface area contributed by atoms with Crippen LogP contribution < -0.4 is 5.32 Å². The second kappa shape index (κ2) is 7.30. The van der Waals surface area contributed by atoms with Crippen LogP contribution in [0.25, 0.3) is 11.1 Å². The number of aromatic nitrogens is 2. The molecule has 1 N–H and O–H groups in total. The van der Waals surface area contributed by atoms with Crippen LogP contribution in [0.2, 0.25) is 0 Å². The summed E-state index contributed by atoms with van der Waals surface area (Å²) in [6.07, 6.45) is 7.21. The molecule has 30 heavy (non-hydrogen) atoms. The third-order valence-electron chi connectivity index (χ3n) is 5.48. The molecule has 5 rings (SSSR count). The van der Waals surface area contributed by atoms with Crippen LogP contribution in [0, 0.1) is 0 Å². The second-order valence-corrected chi connectivity index (χ2v) is 7.85. The van der Waals surface area contributed by atoms with Crippen LogP contribution in [-0.2, 0) is 13.1 Å². The van der Waals surface area contributed by atoms with Gasteiger partial charge in [-0.15, -0.1) is 0 Å². The Hall–Kier alpha value is -3.67. The summed E-state index contributed by atoms with van der Waals surface area (Å²) in [4.78, 5) is 30.7. The maximum absolute atomic E-state index is 13.1. The molecule has 0 saturated carbocycles. The normalized spacial score (nSPS) is 13.6. The number of carbonyl (C=O) groups is 1. The van der Waals surface area contributed by atoms with Crippen molar-refractivity contribution >= 4 is 24.0 Å². The largest absolute Gasteiger partial charge is 0.320 e. The van der Waals surface area contributed by atoms with Crippen LogP contribution in [0.4, 0.5) is 5.69 Å². The Morgan fingerprint density at radius 1 is 1.03 bits per heavy atom. The lowest BCUT2D eigenvalue weighted by molar-refractivity contribution is 0.102. The lowest BCUT2D eigenvalue weighted by Crippen LogP contribution is -2.18. The fourth-order valence-corrected chi connectivity index (χ4v) is 3.90. The minimum absolute atomic E-state index is 0.206. The van der Waals surface area contributed by atoms with E-state index in [9.17, 15) is 4.79 Å². The number of hydrogen-bond donors (Lipinski definition) is 1. The SMILES string of the molecule is CC(C)c1cccnc1C(=O)Nc1cc(-c2cnc3c(c2)C=NC3)cc2c1C=NC2. The van der Waals surface area contributed by atoms with Gasteiger partial charge in [0.2, 0.25) is 0 Å². The Balaban J connectivity index is 1.54. The average molecular weight is 395 g/mol. The molecule has 1 aromatic carbocycles. The summed E-state index contributed by atoms with van der Waals surface area (Å²) in [5.74, 6) is -0.00428. The van der Waals surface area contributed by atoms with Crippen LogP contribution >= 0.6 is 0 Å². The quantitative estimate of drug-likeness (QED) is 0.712. The van der Waals surface area contributed by atoms with E-state index in [2.05, 4.69) is 51.2 Å². The van der Waals surface area contributed by atoms with E-state index in [0.717, 1.165) is 44.8 Å². The van der Waals surface area contributed by atoms with Crippen molar-refractivity contribution in [1.82, 2.24) is 9.97 Å². The molecule has 0 radical (unpaired) electrons. The molecule has 0 bridgehead atoms. The van der Waals surface area contributed by atoms with Gasteiger partial charge in [-0.2, -0.15) is 0 Å². The number of amides is 1. The van der Waals surface area contributed by atoms with Crippen molar-refractivity contribution in [3.05, 3.63) is 76.4 Å². The summed E-state index contributed by atoms with van der Waals surface area (Å²) >= 11 is 0. The zero-order valence-electron chi connectivity index (χ0n) is 16.9. The van der Waals surface area contributed by atoms with Gasteiger partial charge in [0.1, 0.15) is 5.69 Å². The van der Waals surface area contributed by atoms with E-state index in [1.807, 2.05) is 36.8 Å². The molecule has 2 aliphatic rings. The monoisotopic (exact) mass is 395 g/mol. The molecule has 0 unspecified atom stereocenters. The Morgan fingerprint density at radius 2 is 1.90 bits per heavy atom. The highest BCUT2D eigenvalue weighted by molar-refractivity contribution is 6.07. The first-order valence-electron chi connectivity index (χ1n) is 10.0. The van der Waals surface area contributed by atoms with Crippen molar-refractivity contribution in [2.75, 3.05) is 5.32 Å². The van der Waals surface area contributed by atoms with Crippen LogP contribution in [0.15, 0.2) is 52.7 Å². The molecule has 6 heteroatoms. The molecule has 2 aromatic heterocycles. The third-order valence-corrected chi connectivity index (χ3v) is 5.48. The molecule has 1 amide bonds. The lowest BCUT2D eigenvalue weighted by Gasteiger charge is -2.15. The van der Waals surface area contributed by atoms with Gasteiger partial charge in [0, 0.05) is 41.5 Å². The van der Waals surface area contributed by atoms with Gasteiger partial charge in [-0.3, -0.25) is 24.7 Å². The molecule has 0 fully saturated rings. The summed E-state index contributed by atoms with van der Waals surface area (Å²) in [5, 5.41) is 3.08. The summed E-state index contributed by atoms with van der Waals surface area (Å²) in [6.45, 7) is 5.36. The smallest absolute Gasteiger partial charge is 0.274 e. The number of aliphatic imine (C=N–C) groups is 2. The predicted molar refractivity (Wildman–Crippen MR) is 119 cm³/mol. The molecule has 6 nitrogen and oxygen atoms in total. The summed E-state index contributed by atoms with van der Waals surface area (Å²) in [5.41, 5.74) is 8.19. The average Bonchev–Trinajstić information content (AvgIpc) is 3.42. The highest BCUT2D eigenvalue weighted by atomic mass is 16.1. The van der Waals surface area contributed by atoms with Crippen molar-refractivity contribution in [1.29, 1.82) is 0 Å². The summed E-state index contributed by atoms with van der Waals surface area (Å²) < 4.78 is 0. The van der Waals surface area contributed by atoms with Gasteiger partial charge in [-0.1, -0.05) is 19.9 Å². The fraction of sp³-hybridized carbons (Fsp3) is 0.208. The van der Waals surface area contributed by atoms with Crippen LogP contribution in [0.1, 0.15) is 58.2 Å². The number of hydrogen-bond acceptors (Lipinski definition) is 5. The number of anilines is 1. The molecule has 0 atom stereocenters. The maximum Gasteiger partial charge on any atom is 0.274 e. The topological polar surface area (TPSA) is 79.6 Å². The van der Waals surface area contributed by atoms with Crippen LogP contribution in [-0.4, -0.2) is 28.3 Å². The van der Waals surface area contributed by atoms with Crippen molar-refractivity contribution in [2.24, 2.45) is 9.98 Å². The molecular formula is C24H21N5O. The van der Waals surface area contributed by atoms with E-state index in [4.69, 9.17) is 0 Å². The Kier molecular flexibility index (Phi) is 4.47. The van der Waals surface area contributed by atoms with E-state index in [-0.39, 0.29) is 11.8 Å². The minimum Gasteiger partial charge on any atom is -0.320 e. The number of fused-ring (bicyclic) bond motifs is 2. The van der Waals surface area contributed by atoms with E-state index < -0.39 is 0 Å². The first-order valence-corrected chi connectivity index (χ1v) is 10.0. The van der Waals surface area contributed by atoms with E-state index >= 15 is 0 Å². The first-order chi connectivity index (χ1) is 14.6. The van der Waals surface area contributed by atoms with Crippen LogP contribution in [0.3, 0.4) is 0 Å². The van der Waals surface area contributed by atoms with Gasteiger partial charge >= 0.3 is 0 Å². The number of nitrogens with one attached hydrogen (secondary N) is 1. The van der Waals surface area contributed by atoms with E-state index in [1.54, 1.807) is 6.20 Å². The summed E-state index contributed by atoms with van der Waals surface area (Å²) in [6, 6.07) is 10.0. The van der Waals surface area contributed by atoms with Crippen molar-refractivity contribution in [2.45, 2.75) is 32.9 Å². The van der Waals surface area contributed by atoms with Gasteiger partial charge in [0.05, 0.1) is 24.5 Å². The third kappa shape index (κ3) is 3.20. The highest BCUT2D eigenvalue weighted by Crippen LogP contribution is 2.32. The molecule has 0 saturated heterocycles. The fourth-order valence-electron chi connectivity index (χ4n) is 3.90. The number of benzene rings is 1. The second-order valence-electron chi connectivity index (χ2n) is 7.85. The number of carbonyl (C=O) groups excluding carboxylic acids is 1. The minimum atomic E-state index is -0.210. The van der Waals surface area contributed by atoms with Crippen molar-refractivity contribution < 1.29 is 4.79 Å². The summed E-state index contributed by atoms with van der Waals surface area (Å²) in [7, 11) is 0. The molecule has 0 aliphatic carbocycles. The number of pyridine rings is 2. The van der Waals surface area contributed by atoms with Crippen LogP contribution in [0.5, 0.6) is 0 Å². The Bertz CT molecular complexity index is 1230. The Morgan fingerprint density at radius 3 is 2.77 bits per heavy atom.